The van der Waals surface area contributed by atoms with Crippen LogP contribution in [-0.4, -0.2) is 29.8 Å². The molecule has 5 rings (SSSR count). The molecule has 0 radical (unpaired) electrons. The third-order valence-electron chi connectivity index (χ3n) is 4.37. The summed E-state index contributed by atoms with van der Waals surface area (Å²) in [5.41, 5.74) is 0.153. The molecular formula is C20H10F4N6OS. The minimum Gasteiger partial charge on any atom is -0.411 e. The van der Waals surface area contributed by atoms with E-state index in [4.69, 9.17) is 4.42 Å². The number of hydrogen-bond acceptors (Lipinski definition) is 7. The molecule has 0 saturated carbocycles. The molecular weight excluding hydrogens is 448 g/mol. The van der Waals surface area contributed by atoms with Crippen molar-refractivity contribution < 1.29 is 22.0 Å². The van der Waals surface area contributed by atoms with Crippen molar-refractivity contribution in [1.82, 2.24) is 29.8 Å². The first-order valence-electron chi connectivity index (χ1n) is 9.02. The van der Waals surface area contributed by atoms with Crippen LogP contribution in [0.2, 0.25) is 0 Å². The van der Waals surface area contributed by atoms with E-state index in [9.17, 15) is 17.6 Å². The second-order valence-electron chi connectivity index (χ2n) is 6.52. The maximum atomic E-state index is 13.5. The Bertz CT molecular complexity index is 1430. The van der Waals surface area contributed by atoms with Crippen LogP contribution in [-0.2, 0) is 6.18 Å². The topological polar surface area (TPSA) is 82.0 Å². The molecule has 160 valence electrons. The Morgan fingerprint density at radius 3 is 2.56 bits per heavy atom. The molecule has 0 spiro atoms. The van der Waals surface area contributed by atoms with Gasteiger partial charge in [0.15, 0.2) is 0 Å². The Labute approximate surface area is 181 Å². The van der Waals surface area contributed by atoms with Gasteiger partial charge in [0.2, 0.25) is 5.89 Å². The molecule has 3 heterocycles. The molecule has 0 amide bonds. The Morgan fingerprint density at radius 2 is 1.75 bits per heavy atom. The number of rotatable bonds is 4. The van der Waals surface area contributed by atoms with Gasteiger partial charge in [-0.1, -0.05) is 18.2 Å². The summed E-state index contributed by atoms with van der Waals surface area (Å²) in [4.78, 5) is 8.33. The predicted molar refractivity (Wildman–Crippen MR) is 105 cm³/mol. The number of benzene rings is 2. The third-order valence-corrected chi connectivity index (χ3v) is 5.21. The van der Waals surface area contributed by atoms with Crippen LogP contribution < -0.4 is 0 Å². The van der Waals surface area contributed by atoms with Crippen molar-refractivity contribution in [2.24, 2.45) is 0 Å². The van der Waals surface area contributed by atoms with Gasteiger partial charge in [-0.15, -0.1) is 10.2 Å². The maximum absolute atomic E-state index is 13.5. The summed E-state index contributed by atoms with van der Waals surface area (Å²) in [6.45, 7) is 0. The largest absolute Gasteiger partial charge is 0.416 e. The highest BCUT2D eigenvalue weighted by Gasteiger charge is 2.30. The monoisotopic (exact) mass is 458 g/mol. The van der Waals surface area contributed by atoms with Crippen LogP contribution in [0.15, 0.2) is 75.6 Å². The fourth-order valence-corrected chi connectivity index (χ4v) is 3.71. The molecule has 5 aromatic rings. The smallest absolute Gasteiger partial charge is 0.411 e. The van der Waals surface area contributed by atoms with E-state index in [0.717, 1.165) is 23.9 Å². The van der Waals surface area contributed by atoms with E-state index in [1.807, 2.05) is 0 Å². The lowest BCUT2D eigenvalue weighted by atomic mass is 10.1. The van der Waals surface area contributed by atoms with Crippen molar-refractivity contribution in [3.63, 3.8) is 0 Å². The summed E-state index contributed by atoms with van der Waals surface area (Å²) in [5, 5.41) is 12.5. The van der Waals surface area contributed by atoms with Crippen molar-refractivity contribution in [1.29, 1.82) is 0 Å². The van der Waals surface area contributed by atoms with E-state index in [2.05, 4.69) is 25.3 Å². The molecule has 32 heavy (non-hydrogen) atoms. The second-order valence-corrected chi connectivity index (χ2v) is 7.49. The zero-order valence-corrected chi connectivity index (χ0v) is 16.6. The molecule has 7 nitrogen and oxygen atoms in total. The number of alkyl halides is 3. The number of hydrogen-bond donors (Lipinski definition) is 0. The van der Waals surface area contributed by atoms with Crippen LogP contribution in [0.4, 0.5) is 17.6 Å². The standard InChI is InChI=1S/C20H10F4N6OS/c21-14-6-2-4-12(8-14)17-28-29-19(31-17)32-16-9-15(27-18-25-10-26-30(16)18)11-3-1-5-13(7-11)20(22,23)24/h1-10H. The molecule has 0 atom stereocenters. The van der Waals surface area contributed by atoms with Crippen LogP contribution in [0, 0.1) is 5.82 Å². The van der Waals surface area contributed by atoms with Gasteiger partial charge in [0, 0.05) is 11.1 Å². The molecule has 0 fully saturated rings. The fourth-order valence-electron chi connectivity index (χ4n) is 2.94. The van der Waals surface area contributed by atoms with Crippen LogP contribution in [0.3, 0.4) is 0 Å². The molecule has 0 aliphatic heterocycles. The van der Waals surface area contributed by atoms with Gasteiger partial charge in [-0.3, -0.25) is 0 Å². The predicted octanol–water partition coefficient (Wildman–Crippen LogP) is 5.15. The third kappa shape index (κ3) is 3.91. The average molecular weight is 458 g/mol. The van der Waals surface area contributed by atoms with Gasteiger partial charge in [-0.25, -0.2) is 9.37 Å². The molecule has 3 aromatic heterocycles. The van der Waals surface area contributed by atoms with E-state index < -0.39 is 17.6 Å². The van der Waals surface area contributed by atoms with Crippen LogP contribution in [0.25, 0.3) is 28.5 Å². The van der Waals surface area contributed by atoms with E-state index in [1.54, 1.807) is 12.1 Å². The highest BCUT2D eigenvalue weighted by atomic mass is 32.2. The molecule has 0 unspecified atom stereocenters. The van der Waals surface area contributed by atoms with Crippen LogP contribution in [0.5, 0.6) is 0 Å². The van der Waals surface area contributed by atoms with Gasteiger partial charge in [0.05, 0.1) is 11.3 Å². The van der Waals surface area contributed by atoms with Crippen LogP contribution in [0.1, 0.15) is 5.56 Å². The molecule has 0 aliphatic carbocycles. The lowest BCUT2D eigenvalue weighted by Crippen LogP contribution is -2.05. The van der Waals surface area contributed by atoms with E-state index in [1.165, 1.54) is 41.2 Å². The van der Waals surface area contributed by atoms with E-state index in [-0.39, 0.29) is 28.1 Å². The van der Waals surface area contributed by atoms with Gasteiger partial charge in [0.1, 0.15) is 17.2 Å². The van der Waals surface area contributed by atoms with Gasteiger partial charge in [-0.05, 0) is 48.2 Å². The first-order chi connectivity index (χ1) is 15.4. The fraction of sp³-hybridized carbons (Fsp3) is 0.0500. The minimum atomic E-state index is -4.48. The summed E-state index contributed by atoms with van der Waals surface area (Å²) in [6.07, 6.45) is -3.21. The van der Waals surface area contributed by atoms with Gasteiger partial charge in [-0.2, -0.15) is 27.8 Å². The molecule has 12 heteroatoms. The SMILES string of the molecule is Fc1cccc(-c2nnc(Sc3cc(-c4cccc(C(F)(F)F)c4)nc4ncnn34)o2)c1. The first kappa shape index (κ1) is 20.1. The molecule has 0 N–H and O–H groups in total. The highest BCUT2D eigenvalue weighted by Crippen LogP contribution is 2.34. The Morgan fingerprint density at radius 1 is 0.938 bits per heavy atom. The van der Waals surface area contributed by atoms with Crippen LogP contribution >= 0.6 is 11.8 Å². The maximum Gasteiger partial charge on any atom is 0.416 e. The van der Waals surface area contributed by atoms with Gasteiger partial charge < -0.3 is 4.42 Å². The minimum absolute atomic E-state index is 0.119. The van der Waals surface area contributed by atoms with E-state index in [0.29, 0.717) is 10.6 Å². The Kier molecular flexibility index (Phi) is 4.85. The Balaban J connectivity index is 1.52. The van der Waals surface area contributed by atoms with Gasteiger partial charge in [0.25, 0.3) is 11.0 Å². The summed E-state index contributed by atoms with van der Waals surface area (Å²) < 4.78 is 59.8. The highest BCUT2D eigenvalue weighted by molar-refractivity contribution is 7.99. The lowest BCUT2D eigenvalue weighted by Gasteiger charge is -2.09. The first-order valence-corrected chi connectivity index (χ1v) is 9.84. The number of halogens is 4. The Hall–Kier alpha value is -3.80. The summed E-state index contributed by atoms with van der Waals surface area (Å²) >= 11 is 1.02. The van der Waals surface area contributed by atoms with Crippen molar-refractivity contribution in [3.8, 4) is 22.7 Å². The van der Waals surface area contributed by atoms with Crippen molar-refractivity contribution >= 4 is 17.5 Å². The molecule has 0 bridgehead atoms. The molecule has 0 saturated heterocycles. The van der Waals surface area contributed by atoms with E-state index >= 15 is 0 Å². The van der Waals surface area contributed by atoms with Crippen molar-refractivity contribution in [2.45, 2.75) is 16.4 Å². The molecule has 2 aromatic carbocycles. The lowest BCUT2D eigenvalue weighted by molar-refractivity contribution is -0.137. The zero-order chi connectivity index (χ0) is 22.3. The average Bonchev–Trinajstić information content (AvgIpc) is 3.43. The summed E-state index contributed by atoms with van der Waals surface area (Å²) in [6, 6.07) is 12.1. The molecule has 0 aliphatic rings. The number of nitrogens with zero attached hydrogens (tertiary/aromatic N) is 6. The summed E-state index contributed by atoms with van der Waals surface area (Å²) in [7, 11) is 0. The zero-order valence-electron chi connectivity index (χ0n) is 15.8. The van der Waals surface area contributed by atoms with Crippen molar-refractivity contribution in [3.05, 3.63) is 72.3 Å². The number of fused-ring (bicyclic) bond motifs is 1. The normalized spacial score (nSPS) is 11.9. The quantitative estimate of drug-likeness (QED) is 0.272. The van der Waals surface area contributed by atoms with Crippen molar-refractivity contribution in [2.75, 3.05) is 0 Å². The summed E-state index contributed by atoms with van der Waals surface area (Å²) in [5.74, 6) is -0.139. The number of aromatic nitrogens is 6. The second kappa shape index (κ2) is 7.71. The van der Waals surface area contributed by atoms with Gasteiger partial charge >= 0.3 is 6.18 Å².